The Hall–Kier alpha value is -2.04. The van der Waals surface area contributed by atoms with E-state index in [1.807, 2.05) is 31.2 Å². The SMILES string of the molecule is CCCCN1C[C@@H](C(=O)Nc2ccc(OCC)cc2)CC1=O. The van der Waals surface area contributed by atoms with Crippen molar-refractivity contribution in [1.82, 2.24) is 4.90 Å². The number of carbonyl (C=O) groups is 2. The lowest BCUT2D eigenvalue weighted by Gasteiger charge is -2.16. The smallest absolute Gasteiger partial charge is 0.229 e. The molecule has 0 radical (unpaired) electrons. The molecule has 0 aliphatic carbocycles. The number of likely N-dealkylation sites (tertiary alicyclic amines) is 1. The summed E-state index contributed by atoms with van der Waals surface area (Å²) in [7, 11) is 0. The minimum Gasteiger partial charge on any atom is -0.494 e. The lowest BCUT2D eigenvalue weighted by Crippen LogP contribution is -2.29. The van der Waals surface area contributed by atoms with Gasteiger partial charge in [0.15, 0.2) is 0 Å². The number of nitrogens with zero attached hydrogens (tertiary/aromatic N) is 1. The van der Waals surface area contributed by atoms with Gasteiger partial charge < -0.3 is 15.0 Å². The number of nitrogens with one attached hydrogen (secondary N) is 1. The zero-order valence-electron chi connectivity index (χ0n) is 13.3. The Kier molecular flexibility index (Phi) is 5.81. The van der Waals surface area contributed by atoms with Gasteiger partial charge in [-0.15, -0.1) is 0 Å². The van der Waals surface area contributed by atoms with E-state index in [-0.39, 0.29) is 17.7 Å². The summed E-state index contributed by atoms with van der Waals surface area (Å²) in [5.41, 5.74) is 0.730. The number of unbranched alkanes of at least 4 members (excludes halogenated alkanes) is 1. The van der Waals surface area contributed by atoms with E-state index in [1.54, 1.807) is 4.90 Å². The number of anilines is 1. The molecule has 2 amide bonds. The third-order valence-electron chi connectivity index (χ3n) is 3.80. The predicted octanol–water partition coefficient (Wildman–Crippen LogP) is 2.67. The fraction of sp³-hybridized carbons (Fsp3) is 0.529. The van der Waals surface area contributed by atoms with Crippen molar-refractivity contribution in [1.29, 1.82) is 0 Å². The average molecular weight is 304 g/mol. The minimum atomic E-state index is -0.254. The molecule has 0 saturated carbocycles. The van der Waals surface area contributed by atoms with Crippen LogP contribution in [0, 0.1) is 5.92 Å². The van der Waals surface area contributed by atoms with Crippen molar-refractivity contribution < 1.29 is 14.3 Å². The Balaban J connectivity index is 1.88. The summed E-state index contributed by atoms with van der Waals surface area (Å²) in [5.74, 6) is 0.523. The number of hydrogen-bond donors (Lipinski definition) is 1. The molecule has 1 fully saturated rings. The van der Waals surface area contributed by atoms with Gasteiger partial charge in [-0.1, -0.05) is 13.3 Å². The molecule has 5 heteroatoms. The van der Waals surface area contributed by atoms with Crippen LogP contribution < -0.4 is 10.1 Å². The van der Waals surface area contributed by atoms with Gasteiger partial charge in [-0.05, 0) is 37.6 Å². The maximum absolute atomic E-state index is 12.3. The zero-order chi connectivity index (χ0) is 15.9. The highest BCUT2D eigenvalue weighted by atomic mass is 16.5. The molecule has 22 heavy (non-hydrogen) atoms. The van der Waals surface area contributed by atoms with Crippen LogP contribution in [0.5, 0.6) is 5.75 Å². The van der Waals surface area contributed by atoms with Gasteiger partial charge in [-0.3, -0.25) is 9.59 Å². The molecule has 0 aromatic heterocycles. The Morgan fingerprint density at radius 2 is 2.05 bits per heavy atom. The quantitative estimate of drug-likeness (QED) is 0.842. The van der Waals surface area contributed by atoms with Gasteiger partial charge >= 0.3 is 0 Å². The Morgan fingerprint density at radius 1 is 1.32 bits per heavy atom. The summed E-state index contributed by atoms with van der Waals surface area (Å²) in [4.78, 5) is 26.0. The van der Waals surface area contributed by atoms with Gasteiger partial charge in [-0.2, -0.15) is 0 Å². The van der Waals surface area contributed by atoms with Crippen molar-refractivity contribution in [2.24, 2.45) is 5.92 Å². The van der Waals surface area contributed by atoms with Crippen LogP contribution in [0.3, 0.4) is 0 Å². The molecule has 0 bridgehead atoms. The number of rotatable bonds is 7. The molecule has 0 spiro atoms. The van der Waals surface area contributed by atoms with Crippen molar-refractivity contribution in [3.05, 3.63) is 24.3 Å². The van der Waals surface area contributed by atoms with Crippen LogP contribution in [0.1, 0.15) is 33.1 Å². The van der Waals surface area contributed by atoms with E-state index in [0.29, 0.717) is 19.6 Å². The molecule has 1 heterocycles. The topological polar surface area (TPSA) is 58.6 Å². The summed E-state index contributed by atoms with van der Waals surface area (Å²) < 4.78 is 5.37. The average Bonchev–Trinajstić information content (AvgIpc) is 2.88. The highest BCUT2D eigenvalue weighted by molar-refractivity contribution is 5.97. The van der Waals surface area contributed by atoms with Crippen LogP contribution >= 0.6 is 0 Å². The number of amides is 2. The largest absolute Gasteiger partial charge is 0.494 e. The molecule has 0 unspecified atom stereocenters. The van der Waals surface area contributed by atoms with Crippen LogP contribution in [0.2, 0.25) is 0 Å². The number of hydrogen-bond acceptors (Lipinski definition) is 3. The van der Waals surface area contributed by atoms with Gasteiger partial charge in [0.1, 0.15) is 5.75 Å². The van der Waals surface area contributed by atoms with Crippen LogP contribution in [0.4, 0.5) is 5.69 Å². The van der Waals surface area contributed by atoms with Gasteiger partial charge in [0, 0.05) is 25.2 Å². The van der Waals surface area contributed by atoms with Crippen molar-refractivity contribution >= 4 is 17.5 Å². The summed E-state index contributed by atoms with van der Waals surface area (Å²) in [6.07, 6.45) is 2.35. The molecular weight excluding hydrogens is 280 g/mol. The van der Waals surface area contributed by atoms with E-state index in [9.17, 15) is 9.59 Å². The molecule has 1 N–H and O–H groups in total. The molecule has 1 atom stereocenters. The summed E-state index contributed by atoms with van der Waals surface area (Å²) >= 11 is 0. The molecule has 1 aliphatic heterocycles. The second-order valence-corrected chi connectivity index (χ2v) is 5.54. The molecule has 120 valence electrons. The van der Waals surface area contributed by atoms with Gasteiger partial charge in [0.25, 0.3) is 0 Å². The van der Waals surface area contributed by atoms with Crippen molar-refractivity contribution in [3.63, 3.8) is 0 Å². The molecule has 1 aromatic carbocycles. The molecule has 1 saturated heterocycles. The van der Waals surface area contributed by atoms with Gasteiger partial charge in [-0.25, -0.2) is 0 Å². The maximum atomic E-state index is 12.3. The first-order valence-corrected chi connectivity index (χ1v) is 7.95. The standard InChI is InChI=1S/C17H24N2O3/c1-3-5-10-19-12-13(11-16(19)20)17(21)18-14-6-8-15(9-7-14)22-4-2/h6-9,13H,3-5,10-12H2,1-2H3,(H,18,21)/t13-/m0/s1. The first kappa shape index (κ1) is 16.3. The molecule has 5 nitrogen and oxygen atoms in total. The zero-order valence-corrected chi connectivity index (χ0v) is 13.3. The van der Waals surface area contributed by atoms with Crippen LogP contribution in [-0.4, -0.2) is 36.4 Å². The highest BCUT2D eigenvalue weighted by Gasteiger charge is 2.33. The first-order valence-electron chi connectivity index (χ1n) is 7.95. The minimum absolute atomic E-state index is 0.0836. The second-order valence-electron chi connectivity index (χ2n) is 5.54. The monoisotopic (exact) mass is 304 g/mol. The van der Waals surface area contributed by atoms with Crippen LogP contribution in [-0.2, 0) is 9.59 Å². The molecule has 2 rings (SSSR count). The maximum Gasteiger partial charge on any atom is 0.229 e. The van der Waals surface area contributed by atoms with E-state index in [4.69, 9.17) is 4.74 Å². The number of carbonyl (C=O) groups excluding carboxylic acids is 2. The lowest BCUT2D eigenvalue weighted by molar-refractivity contribution is -0.128. The number of ether oxygens (including phenoxy) is 1. The highest BCUT2D eigenvalue weighted by Crippen LogP contribution is 2.21. The summed E-state index contributed by atoms with van der Waals surface area (Å²) in [6.45, 7) is 5.92. The van der Waals surface area contributed by atoms with Gasteiger partial charge in [0.2, 0.25) is 11.8 Å². The van der Waals surface area contributed by atoms with E-state index < -0.39 is 0 Å². The Labute approximate surface area is 131 Å². The van der Waals surface area contributed by atoms with E-state index in [1.165, 1.54) is 0 Å². The van der Waals surface area contributed by atoms with Crippen molar-refractivity contribution in [3.8, 4) is 5.75 Å². The van der Waals surface area contributed by atoms with E-state index in [2.05, 4.69) is 12.2 Å². The Bertz CT molecular complexity index is 513. The lowest BCUT2D eigenvalue weighted by atomic mass is 10.1. The summed E-state index contributed by atoms with van der Waals surface area (Å²) in [5, 5.41) is 2.88. The van der Waals surface area contributed by atoms with Gasteiger partial charge in [0.05, 0.1) is 12.5 Å². The summed E-state index contributed by atoms with van der Waals surface area (Å²) in [6, 6.07) is 7.28. The first-order chi connectivity index (χ1) is 10.6. The molecular formula is C17H24N2O3. The van der Waals surface area contributed by atoms with E-state index >= 15 is 0 Å². The predicted molar refractivity (Wildman–Crippen MR) is 85.8 cm³/mol. The third-order valence-corrected chi connectivity index (χ3v) is 3.80. The Morgan fingerprint density at radius 3 is 2.68 bits per heavy atom. The van der Waals surface area contributed by atoms with E-state index in [0.717, 1.165) is 30.8 Å². The van der Waals surface area contributed by atoms with Crippen molar-refractivity contribution in [2.45, 2.75) is 33.1 Å². The molecule has 1 aliphatic rings. The second kappa shape index (κ2) is 7.82. The fourth-order valence-electron chi connectivity index (χ4n) is 2.56. The van der Waals surface area contributed by atoms with Crippen molar-refractivity contribution in [2.75, 3.05) is 25.0 Å². The third kappa shape index (κ3) is 4.23. The molecule has 1 aromatic rings. The fourth-order valence-corrected chi connectivity index (χ4v) is 2.56. The van der Waals surface area contributed by atoms with Crippen LogP contribution in [0.15, 0.2) is 24.3 Å². The normalized spacial score (nSPS) is 17.6. The van der Waals surface area contributed by atoms with Crippen LogP contribution in [0.25, 0.3) is 0 Å². The number of benzene rings is 1.